The molecule has 1 aliphatic rings. The Labute approximate surface area is 120 Å². The van der Waals surface area contributed by atoms with Gasteiger partial charge in [0.1, 0.15) is 0 Å². The van der Waals surface area contributed by atoms with E-state index in [0.717, 1.165) is 19.4 Å². The molecule has 1 aliphatic heterocycles. The maximum Gasteiger partial charge on any atom is 0.285 e. The normalized spacial score (nSPS) is 20.0. The van der Waals surface area contributed by atoms with Crippen molar-refractivity contribution in [2.75, 3.05) is 26.2 Å². The van der Waals surface area contributed by atoms with Gasteiger partial charge >= 0.3 is 0 Å². The molecule has 0 unspecified atom stereocenters. The topological polar surface area (TPSA) is 15.3 Å². The summed E-state index contributed by atoms with van der Waals surface area (Å²) < 4.78 is 28.7. The monoisotopic (exact) mass is 282 g/mol. The second-order valence-corrected chi connectivity index (χ2v) is 5.70. The summed E-state index contributed by atoms with van der Waals surface area (Å²) in [6.45, 7) is 6.21. The molecule has 1 aromatic carbocycles. The maximum absolute atomic E-state index is 14.3. The standard InChI is InChI=1S/C16H24F2N2/c1-3-15(4-2)12-20(11-10-19-15)13-16(17,18)14-8-6-5-7-9-14/h5-9,19H,3-4,10-13H2,1-2H3. The van der Waals surface area contributed by atoms with Gasteiger partial charge in [0.05, 0.1) is 6.54 Å². The fourth-order valence-corrected chi connectivity index (χ4v) is 2.95. The van der Waals surface area contributed by atoms with Gasteiger partial charge in [0.2, 0.25) is 0 Å². The summed E-state index contributed by atoms with van der Waals surface area (Å²) in [6, 6.07) is 8.13. The molecule has 4 heteroatoms. The Morgan fingerprint density at radius 3 is 2.45 bits per heavy atom. The molecule has 1 fully saturated rings. The molecule has 0 aromatic heterocycles. The largest absolute Gasteiger partial charge is 0.309 e. The highest BCUT2D eigenvalue weighted by Crippen LogP contribution is 2.30. The molecule has 1 aromatic rings. The Hall–Kier alpha value is -1.00. The zero-order valence-electron chi connectivity index (χ0n) is 12.3. The molecule has 1 saturated heterocycles. The first kappa shape index (κ1) is 15.4. The van der Waals surface area contributed by atoms with Crippen LogP contribution in [-0.4, -0.2) is 36.6 Å². The molecule has 1 heterocycles. The molecule has 0 amide bonds. The van der Waals surface area contributed by atoms with Crippen LogP contribution in [0.4, 0.5) is 8.78 Å². The molecule has 112 valence electrons. The van der Waals surface area contributed by atoms with Gasteiger partial charge in [-0.3, -0.25) is 4.90 Å². The summed E-state index contributed by atoms with van der Waals surface area (Å²) in [5, 5.41) is 3.50. The zero-order valence-corrected chi connectivity index (χ0v) is 12.3. The average molecular weight is 282 g/mol. The van der Waals surface area contributed by atoms with E-state index in [1.807, 2.05) is 4.90 Å². The van der Waals surface area contributed by atoms with Gasteiger partial charge in [0.25, 0.3) is 5.92 Å². The van der Waals surface area contributed by atoms with Crippen molar-refractivity contribution in [1.29, 1.82) is 0 Å². The Balaban J connectivity index is 2.06. The van der Waals surface area contributed by atoms with Gasteiger partial charge in [-0.1, -0.05) is 44.2 Å². The highest BCUT2D eigenvalue weighted by Gasteiger charge is 2.38. The quantitative estimate of drug-likeness (QED) is 0.892. The predicted molar refractivity (Wildman–Crippen MR) is 78.1 cm³/mol. The zero-order chi connectivity index (χ0) is 14.6. The van der Waals surface area contributed by atoms with Crippen molar-refractivity contribution >= 4 is 0 Å². The summed E-state index contributed by atoms with van der Waals surface area (Å²) in [5.74, 6) is -2.79. The molecule has 0 aliphatic carbocycles. The fourth-order valence-electron chi connectivity index (χ4n) is 2.95. The van der Waals surface area contributed by atoms with Gasteiger partial charge in [-0.15, -0.1) is 0 Å². The highest BCUT2D eigenvalue weighted by atomic mass is 19.3. The van der Waals surface area contributed by atoms with Crippen LogP contribution in [0.1, 0.15) is 32.3 Å². The van der Waals surface area contributed by atoms with Crippen LogP contribution in [0.5, 0.6) is 0 Å². The predicted octanol–water partition coefficient (Wildman–Crippen LogP) is 3.24. The third kappa shape index (κ3) is 3.36. The van der Waals surface area contributed by atoms with E-state index in [1.165, 1.54) is 12.1 Å². The summed E-state index contributed by atoms with van der Waals surface area (Å²) in [4.78, 5) is 1.90. The number of nitrogens with zero attached hydrogens (tertiary/aromatic N) is 1. The molecule has 2 nitrogen and oxygen atoms in total. The smallest absolute Gasteiger partial charge is 0.285 e. The molecule has 0 bridgehead atoms. The lowest BCUT2D eigenvalue weighted by Crippen LogP contribution is -2.61. The first-order valence-electron chi connectivity index (χ1n) is 7.42. The van der Waals surface area contributed by atoms with Crippen LogP contribution >= 0.6 is 0 Å². The average Bonchev–Trinajstić information content (AvgIpc) is 2.48. The van der Waals surface area contributed by atoms with Crippen LogP contribution in [0, 0.1) is 0 Å². The number of alkyl halides is 2. The van der Waals surface area contributed by atoms with E-state index in [2.05, 4.69) is 19.2 Å². The molecule has 0 atom stereocenters. The lowest BCUT2D eigenvalue weighted by Gasteiger charge is -2.44. The number of nitrogens with one attached hydrogen (secondary N) is 1. The van der Waals surface area contributed by atoms with Gasteiger partial charge in [0, 0.05) is 30.7 Å². The third-order valence-corrected chi connectivity index (χ3v) is 4.43. The molecule has 0 spiro atoms. The molecular formula is C16H24F2N2. The van der Waals surface area contributed by atoms with Crippen molar-refractivity contribution in [3.63, 3.8) is 0 Å². The van der Waals surface area contributed by atoms with Crippen LogP contribution in [-0.2, 0) is 5.92 Å². The Bertz CT molecular complexity index is 416. The Kier molecular flexibility index (Phi) is 4.76. The second kappa shape index (κ2) is 6.19. The minimum atomic E-state index is -2.79. The second-order valence-electron chi connectivity index (χ2n) is 5.70. The van der Waals surface area contributed by atoms with Gasteiger partial charge in [-0.25, -0.2) is 0 Å². The summed E-state index contributed by atoms with van der Waals surface area (Å²) in [6.07, 6.45) is 1.94. The number of benzene rings is 1. The maximum atomic E-state index is 14.3. The Morgan fingerprint density at radius 2 is 1.85 bits per heavy atom. The van der Waals surface area contributed by atoms with E-state index >= 15 is 0 Å². The van der Waals surface area contributed by atoms with Crippen LogP contribution < -0.4 is 5.32 Å². The number of hydrogen-bond acceptors (Lipinski definition) is 2. The molecule has 1 N–H and O–H groups in total. The molecule has 20 heavy (non-hydrogen) atoms. The number of rotatable bonds is 5. The first-order chi connectivity index (χ1) is 9.51. The molecule has 0 saturated carbocycles. The van der Waals surface area contributed by atoms with Gasteiger partial charge in [0.15, 0.2) is 0 Å². The highest BCUT2D eigenvalue weighted by molar-refractivity contribution is 5.20. The lowest BCUT2D eigenvalue weighted by atomic mass is 9.90. The first-order valence-corrected chi connectivity index (χ1v) is 7.42. The Morgan fingerprint density at radius 1 is 1.20 bits per heavy atom. The van der Waals surface area contributed by atoms with E-state index in [9.17, 15) is 8.78 Å². The fraction of sp³-hybridized carbons (Fsp3) is 0.625. The minimum absolute atomic E-state index is 0.00891. The van der Waals surface area contributed by atoms with Crippen LogP contribution in [0.2, 0.25) is 0 Å². The van der Waals surface area contributed by atoms with E-state index in [-0.39, 0.29) is 17.6 Å². The van der Waals surface area contributed by atoms with Crippen molar-refractivity contribution in [2.45, 2.75) is 38.2 Å². The SMILES string of the molecule is CCC1(CC)CN(CC(F)(F)c2ccccc2)CCN1. The van der Waals surface area contributed by atoms with Gasteiger partial charge in [-0.05, 0) is 12.8 Å². The van der Waals surface area contributed by atoms with Crippen LogP contribution in [0.25, 0.3) is 0 Å². The van der Waals surface area contributed by atoms with Crippen molar-refractivity contribution in [3.8, 4) is 0 Å². The molecule has 0 radical (unpaired) electrons. The summed E-state index contributed by atoms with van der Waals surface area (Å²) in [7, 11) is 0. The van der Waals surface area contributed by atoms with E-state index in [4.69, 9.17) is 0 Å². The number of hydrogen-bond donors (Lipinski definition) is 1. The van der Waals surface area contributed by atoms with E-state index in [1.54, 1.807) is 18.2 Å². The van der Waals surface area contributed by atoms with Gasteiger partial charge < -0.3 is 5.32 Å². The van der Waals surface area contributed by atoms with Crippen molar-refractivity contribution < 1.29 is 8.78 Å². The van der Waals surface area contributed by atoms with E-state index in [0.29, 0.717) is 13.1 Å². The summed E-state index contributed by atoms with van der Waals surface area (Å²) in [5.41, 5.74) is 0.0995. The van der Waals surface area contributed by atoms with Gasteiger partial charge in [-0.2, -0.15) is 8.78 Å². The molecule has 2 rings (SSSR count). The lowest BCUT2D eigenvalue weighted by molar-refractivity contribution is -0.0502. The van der Waals surface area contributed by atoms with E-state index < -0.39 is 5.92 Å². The van der Waals surface area contributed by atoms with Crippen molar-refractivity contribution in [2.24, 2.45) is 0 Å². The minimum Gasteiger partial charge on any atom is -0.309 e. The van der Waals surface area contributed by atoms with Crippen LogP contribution in [0.3, 0.4) is 0 Å². The summed E-state index contributed by atoms with van der Waals surface area (Å²) >= 11 is 0. The number of piperazine rings is 1. The van der Waals surface area contributed by atoms with Crippen LogP contribution in [0.15, 0.2) is 30.3 Å². The van der Waals surface area contributed by atoms with Crippen molar-refractivity contribution in [3.05, 3.63) is 35.9 Å². The third-order valence-electron chi connectivity index (χ3n) is 4.43. The number of halogens is 2. The van der Waals surface area contributed by atoms with Crippen molar-refractivity contribution in [1.82, 2.24) is 10.2 Å². The molecular weight excluding hydrogens is 258 g/mol.